The van der Waals surface area contributed by atoms with Gasteiger partial charge in [0, 0.05) is 66.5 Å². The summed E-state index contributed by atoms with van der Waals surface area (Å²) in [5.41, 5.74) is 6.13. The summed E-state index contributed by atoms with van der Waals surface area (Å²) in [4.78, 5) is 36.1. The Hall–Kier alpha value is -2.16. The van der Waals surface area contributed by atoms with Crippen molar-refractivity contribution in [2.24, 2.45) is 0 Å². The predicted molar refractivity (Wildman–Crippen MR) is 144 cm³/mol. The van der Waals surface area contributed by atoms with Gasteiger partial charge < -0.3 is 20.1 Å². The van der Waals surface area contributed by atoms with Gasteiger partial charge in [0.1, 0.15) is 0 Å². The number of piperidine rings is 1. The monoisotopic (exact) mass is 543 g/mol. The molecular formula is C27H38BrN5O2. The molecule has 3 aliphatic rings. The van der Waals surface area contributed by atoms with Crippen molar-refractivity contribution in [2.45, 2.75) is 64.0 Å². The average Bonchev–Trinajstić information content (AvgIpc) is 3.17. The van der Waals surface area contributed by atoms with Gasteiger partial charge in [-0.05, 0) is 84.0 Å². The molecule has 7 nitrogen and oxygen atoms in total. The van der Waals surface area contributed by atoms with Gasteiger partial charge in [-0.15, -0.1) is 0 Å². The zero-order chi connectivity index (χ0) is 25.4. The van der Waals surface area contributed by atoms with Crippen molar-refractivity contribution in [2.75, 3.05) is 33.7 Å². The Morgan fingerprint density at radius 2 is 1.94 bits per heavy atom. The van der Waals surface area contributed by atoms with E-state index < -0.39 is 0 Å². The maximum atomic E-state index is 13.4. The van der Waals surface area contributed by atoms with Gasteiger partial charge in [0.15, 0.2) is 0 Å². The number of likely N-dealkylation sites (tertiary alicyclic amines) is 1. The van der Waals surface area contributed by atoms with Gasteiger partial charge in [-0.25, -0.2) is 0 Å². The molecule has 1 aromatic heterocycles. The van der Waals surface area contributed by atoms with Crippen LogP contribution in [0.3, 0.4) is 0 Å². The van der Waals surface area contributed by atoms with Crippen LogP contribution in [0, 0.1) is 13.8 Å². The summed E-state index contributed by atoms with van der Waals surface area (Å²) in [6, 6.07) is 2.77. The molecule has 190 valence electrons. The highest BCUT2D eigenvalue weighted by molar-refractivity contribution is 9.09. The number of rotatable bonds is 6. The number of H-pyrrole nitrogens is 1. The first-order chi connectivity index (χ1) is 16.6. The number of allylic oxidation sites excluding steroid dienone is 1. The highest BCUT2D eigenvalue weighted by atomic mass is 79.9. The normalized spacial score (nSPS) is 22.3. The molecule has 2 unspecified atom stereocenters. The summed E-state index contributed by atoms with van der Waals surface area (Å²) in [6.07, 6.45) is 6.48. The molecule has 8 heteroatoms. The van der Waals surface area contributed by atoms with Crippen molar-refractivity contribution in [3.63, 3.8) is 0 Å². The molecule has 2 N–H and O–H groups in total. The van der Waals surface area contributed by atoms with Crippen LogP contribution in [0.5, 0.6) is 0 Å². The van der Waals surface area contributed by atoms with Crippen molar-refractivity contribution in [3.05, 3.63) is 67.9 Å². The minimum absolute atomic E-state index is 0.142. The molecule has 3 aliphatic heterocycles. The SMILES string of the molecule is CC1=C(C(C)N2CCC(N(C)C)CC2)N2CC(Br)C=C2C=C1C(=O)NCc1c(C)cc(C)[nH]c1=O. The number of nitrogens with one attached hydrogen (secondary N) is 2. The molecular weight excluding hydrogens is 506 g/mol. The van der Waals surface area contributed by atoms with Gasteiger partial charge in [-0.1, -0.05) is 15.9 Å². The number of aryl methyl sites for hydroxylation is 2. The van der Waals surface area contributed by atoms with E-state index in [0.29, 0.717) is 17.2 Å². The first-order valence-corrected chi connectivity index (χ1v) is 13.4. The van der Waals surface area contributed by atoms with Crippen molar-refractivity contribution in [1.82, 2.24) is 25.0 Å². The molecule has 35 heavy (non-hydrogen) atoms. The molecule has 2 atom stereocenters. The number of halogens is 1. The second kappa shape index (κ2) is 10.4. The topological polar surface area (TPSA) is 71.7 Å². The van der Waals surface area contributed by atoms with Crippen LogP contribution in [0.25, 0.3) is 0 Å². The van der Waals surface area contributed by atoms with E-state index in [1.54, 1.807) is 0 Å². The molecule has 0 aliphatic carbocycles. The lowest BCUT2D eigenvalue weighted by atomic mass is 9.93. The van der Waals surface area contributed by atoms with Crippen molar-refractivity contribution < 1.29 is 4.79 Å². The van der Waals surface area contributed by atoms with Gasteiger partial charge >= 0.3 is 0 Å². The number of alkyl halides is 1. The number of hydrogen-bond donors (Lipinski definition) is 2. The highest BCUT2D eigenvalue weighted by Gasteiger charge is 2.36. The quantitative estimate of drug-likeness (QED) is 0.539. The van der Waals surface area contributed by atoms with Crippen molar-refractivity contribution in [1.29, 1.82) is 0 Å². The van der Waals surface area contributed by atoms with E-state index in [1.165, 1.54) is 5.70 Å². The summed E-state index contributed by atoms with van der Waals surface area (Å²) in [5, 5.41) is 3.01. The van der Waals surface area contributed by atoms with E-state index in [0.717, 1.165) is 55.0 Å². The van der Waals surface area contributed by atoms with E-state index in [2.05, 4.69) is 74.9 Å². The maximum Gasteiger partial charge on any atom is 0.253 e. The molecule has 0 spiro atoms. The van der Waals surface area contributed by atoms with E-state index in [-0.39, 0.29) is 28.9 Å². The molecule has 0 saturated carbocycles. The number of fused-ring (bicyclic) bond motifs is 1. The lowest BCUT2D eigenvalue weighted by Crippen LogP contribution is -2.48. The fourth-order valence-corrected chi connectivity index (χ4v) is 6.23. The number of nitrogens with zero attached hydrogens (tertiary/aromatic N) is 3. The minimum atomic E-state index is -0.144. The molecule has 4 rings (SSSR count). The zero-order valence-corrected chi connectivity index (χ0v) is 23.3. The Balaban J connectivity index is 1.57. The van der Waals surface area contributed by atoms with E-state index in [1.807, 2.05) is 26.0 Å². The van der Waals surface area contributed by atoms with E-state index in [4.69, 9.17) is 0 Å². The van der Waals surface area contributed by atoms with E-state index in [9.17, 15) is 9.59 Å². The van der Waals surface area contributed by atoms with Crippen molar-refractivity contribution in [3.8, 4) is 0 Å². The first kappa shape index (κ1) is 25.9. The lowest BCUT2D eigenvalue weighted by Gasteiger charge is -2.43. The van der Waals surface area contributed by atoms with Crippen LogP contribution in [-0.4, -0.2) is 76.2 Å². The Labute approximate surface area is 217 Å². The molecule has 4 heterocycles. The van der Waals surface area contributed by atoms with E-state index >= 15 is 0 Å². The third kappa shape index (κ3) is 5.34. The van der Waals surface area contributed by atoms with Crippen LogP contribution < -0.4 is 10.9 Å². The average molecular weight is 545 g/mol. The molecule has 1 fully saturated rings. The largest absolute Gasteiger partial charge is 0.348 e. The van der Waals surface area contributed by atoms with Crippen LogP contribution in [0.4, 0.5) is 0 Å². The fourth-order valence-electron chi connectivity index (χ4n) is 5.67. The number of pyridine rings is 1. The molecule has 0 bridgehead atoms. The molecule has 1 amide bonds. The van der Waals surface area contributed by atoms with Crippen molar-refractivity contribution >= 4 is 21.8 Å². The summed E-state index contributed by atoms with van der Waals surface area (Å²) in [5.74, 6) is -0.142. The number of aromatic amines is 1. The Kier molecular flexibility index (Phi) is 7.74. The Bertz CT molecular complexity index is 1140. The fraction of sp³-hybridized carbons (Fsp3) is 0.556. The Morgan fingerprint density at radius 3 is 2.57 bits per heavy atom. The Morgan fingerprint density at radius 1 is 1.26 bits per heavy atom. The summed E-state index contributed by atoms with van der Waals surface area (Å²) in [7, 11) is 4.33. The van der Waals surface area contributed by atoms with Gasteiger partial charge in [-0.3, -0.25) is 14.5 Å². The minimum Gasteiger partial charge on any atom is -0.348 e. The molecule has 0 radical (unpaired) electrons. The number of carbonyl (C=O) groups is 1. The second-order valence-corrected chi connectivity index (χ2v) is 11.5. The first-order valence-electron chi connectivity index (χ1n) is 12.5. The number of amides is 1. The molecule has 0 aromatic carbocycles. The van der Waals surface area contributed by atoms with Gasteiger partial charge in [-0.2, -0.15) is 0 Å². The number of carbonyl (C=O) groups excluding carboxylic acids is 1. The highest BCUT2D eigenvalue weighted by Crippen LogP contribution is 2.38. The van der Waals surface area contributed by atoms with Crippen LogP contribution in [-0.2, 0) is 11.3 Å². The lowest BCUT2D eigenvalue weighted by molar-refractivity contribution is -0.117. The predicted octanol–water partition coefficient (Wildman–Crippen LogP) is 3.20. The maximum absolute atomic E-state index is 13.4. The third-order valence-corrected chi connectivity index (χ3v) is 8.28. The number of aromatic nitrogens is 1. The smallest absolute Gasteiger partial charge is 0.253 e. The van der Waals surface area contributed by atoms with Crippen LogP contribution in [0.15, 0.2) is 45.6 Å². The second-order valence-electron chi connectivity index (χ2n) is 10.3. The molecule has 1 saturated heterocycles. The molecule has 1 aromatic rings. The van der Waals surface area contributed by atoms with Gasteiger partial charge in [0.05, 0.1) is 4.83 Å². The summed E-state index contributed by atoms with van der Waals surface area (Å²) >= 11 is 3.76. The van der Waals surface area contributed by atoms with Crippen LogP contribution in [0.2, 0.25) is 0 Å². The van der Waals surface area contributed by atoms with Crippen LogP contribution in [0.1, 0.15) is 43.5 Å². The summed E-state index contributed by atoms with van der Waals surface area (Å²) < 4.78 is 0. The standard InChI is InChI=1S/C27H38BrN5O2/c1-16-11-17(2)30-27(35)24(16)14-29-26(34)23-13-22-12-20(28)15-33(22)25(18(23)3)19(4)32-9-7-21(8-10-32)31(5)6/h11-13,19-21H,7-10,14-15H2,1-6H3,(H,29,34)(H,30,35). The summed E-state index contributed by atoms with van der Waals surface area (Å²) in [6.45, 7) is 11.3. The third-order valence-electron chi connectivity index (χ3n) is 7.73. The van der Waals surface area contributed by atoms with Gasteiger partial charge in [0.2, 0.25) is 0 Å². The number of hydrogen-bond acceptors (Lipinski definition) is 5. The van der Waals surface area contributed by atoms with Crippen LogP contribution >= 0.6 is 15.9 Å². The zero-order valence-electron chi connectivity index (χ0n) is 21.7. The van der Waals surface area contributed by atoms with Gasteiger partial charge in [0.25, 0.3) is 11.5 Å².